The van der Waals surface area contributed by atoms with E-state index in [1.165, 1.54) is 18.4 Å². The maximum atomic E-state index is 5.53. The van der Waals surface area contributed by atoms with Crippen molar-refractivity contribution in [1.82, 2.24) is 0 Å². The third-order valence-electron chi connectivity index (χ3n) is 2.27. The van der Waals surface area contributed by atoms with E-state index in [1.54, 1.807) is 0 Å². The lowest BCUT2D eigenvalue weighted by Crippen LogP contribution is -2.07. The molecule has 0 aliphatic heterocycles. The topological polar surface area (TPSA) is 26.0 Å². The van der Waals surface area contributed by atoms with Crippen molar-refractivity contribution in [3.05, 3.63) is 24.3 Å². The smallest absolute Gasteiger partial charge is 0.00397 e. The molecule has 0 rings (SSSR count). The number of nitrogens with two attached hydrogens (primary N) is 1. The van der Waals surface area contributed by atoms with Crippen molar-refractivity contribution in [3.63, 3.8) is 0 Å². The Bertz CT molecular complexity index is 143. The predicted molar refractivity (Wildman–Crippen MR) is 56.0 cm³/mol. The molecule has 1 nitrogen and oxygen atoms in total. The van der Waals surface area contributed by atoms with Crippen molar-refractivity contribution in [2.75, 3.05) is 6.54 Å². The Labute approximate surface area is 76.3 Å². The van der Waals surface area contributed by atoms with Crippen LogP contribution < -0.4 is 5.73 Å². The third-order valence-corrected chi connectivity index (χ3v) is 2.27. The van der Waals surface area contributed by atoms with Crippen LogP contribution in [0.15, 0.2) is 24.3 Å². The Kier molecular flexibility index (Phi) is 6.78. The summed E-state index contributed by atoms with van der Waals surface area (Å²) in [4.78, 5) is 0. The molecular weight excluding hydrogens is 146 g/mol. The van der Waals surface area contributed by atoms with Gasteiger partial charge in [0.1, 0.15) is 0 Å². The second kappa shape index (κ2) is 7.11. The van der Waals surface area contributed by atoms with E-state index in [0.717, 1.165) is 13.0 Å². The maximum Gasteiger partial charge on any atom is -0.00397 e. The van der Waals surface area contributed by atoms with E-state index in [9.17, 15) is 0 Å². The van der Waals surface area contributed by atoms with Crippen LogP contribution in [0.2, 0.25) is 0 Å². The van der Waals surface area contributed by atoms with Gasteiger partial charge in [-0.1, -0.05) is 38.2 Å². The van der Waals surface area contributed by atoms with Crippen LogP contribution in [0, 0.1) is 5.92 Å². The third kappa shape index (κ3) is 3.72. The normalized spacial score (nSPS) is 12.2. The second-order valence-corrected chi connectivity index (χ2v) is 3.03. The molecule has 0 heterocycles. The Morgan fingerprint density at radius 3 is 2.33 bits per heavy atom. The van der Waals surface area contributed by atoms with Crippen LogP contribution in [0.1, 0.15) is 33.1 Å². The van der Waals surface area contributed by atoms with Crippen molar-refractivity contribution in [2.45, 2.75) is 33.1 Å². The van der Waals surface area contributed by atoms with Crippen molar-refractivity contribution < 1.29 is 0 Å². The summed E-state index contributed by atoms with van der Waals surface area (Å²) >= 11 is 0. The minimum Gasteiger partial charge on any atom is -0.330 e. The van der Waals surface area contributed by atoms with Crippen molar-refractivity contribution >= 4 is 0 Å². The Morgan fingerprint density at radius 2 is 2.00 bits per heavy atom. The van der Waals surface area contributed by atoms with Gasteiger partial charge in [-0.3, -0.25) is 0 Å². The first-order chi connectivity index (χ1) is 5.79. The zero-order valence-corrected chi connectivity index (χ0v) is 8.34. The van der Waals surface area contributed by atoms with Gasteiger partial charge >= 0.3 is 0 Å². The average molecular weight is 167 g/mol. The molecule has 0 aliphatic rings. The molecule has 0 spiro atoms. The number of allylic oxidation sites excluding steroid dienone is 2. The maximum absolute atomic E-state index is 5.53. The van der Waals surface area contributed by atoms with Gasteiger partial charge in [0.05, 0.1) is 0 Å². The van der Waals surface area contributed by atoms with Gasteiger partial charge in [0.25, 0.3) is 0 Å². The highest BCUT2D eigenvalue weighted by molar-refractivity contribution is 5.13. The van der Waals surface area contributed by atoms with Gasteiger partial charge in [-0.2, -0.15) is 0 Å². The van der Waals surface area contributed by atoms with Crippen LogP contribution in [0.4, 0.5) is 0 Å². The first kappa shape index (κ1) is 11.4. The summed E-state index contributed by atoms with van der Waals surface area (Å²) in [6, 6.07) is 0. The Morgan fingerprint density at radius 1 is 1.42 bits per heavy atom. The van der Waals surface area contributed by atoms with Gasteiger partial charge in [0, 0.05) is 0 Å². The van der Waals surface area contributed by atoms with Crippen LogP contribution in [0.25, 0.3) is 0 Å². The first-order valence-electron chi connectivity index (χ1n) is 4.81. The van der Waals surface area contributed by atoms with E-state index < -0.39 is 0 Å². The summed E-state index contributed by atoms with van der Waals surface area (Å²) < 4.78 is 0. The minimum atomic E-state index is 0.701. The molecule has 12 heavy (non-hydrogen) atoms. The molecule has 0 bridgehead atoms. The molecule has 0 saturated carbocycles. The van der Waals surface area contributed by atoms with Crippen LogP contribution in [-0.2, 0) is 0 Å². The van der Waals surface area contributed by atoms with Crippen LogP contribution >= 0.6 is 0 Å². The van der Waals surface area contributed by atoms with Gasteiger partial charge in [-0.05, 0) is 31.7 Å². The number of hydrogen-bond acceptors (Lipinski definition) is 1. The summed E-state index contributed by atoms with van der Waals surface area (Å²) in [5, 5.41) is 0. The Hall–Kier alpha value is -0.560. The highest BCUT2D eigenvalue weighted by Crippen LogP contribution is 2.21. The van der Waals surface area contributed by atoms with Crippen molar-refractivity contribution in [1.29, 1.82) is 0 Å². The fourth-order valence-corrected chi connectivity index (χ4v) is 1.55. The van der Waals surface area contributed by atoms with Gasteiger partial charge in [0.15, 0.2) is 0 Å². The van der Waals surface area contributed by atoms with Crippen LogP contribution in [-0.4, -0.2) is 6.54 Å². The van der Waals surface area contributed by atoms with Crippen LogP contribution in [0.3, 0.4) is 0 Å². The van der Waals surface area contributed by atoms with Gasteiger partial charge in [-0.15, -0.1) is 0 Å². The molecule has 1 heteroatoms. The predicted octanol–water partition coefficient (Wildman–Crippen LogP) is 2.88. The quantitative estimate of drug-likeness (QED) is 0.605. The SMILES string of the molecule is C=CC=C(CCN)C(CC)CC. The van der Waals surface area contributed by atoms with Gasteiger partial charge in [0.2, 0.25) is 0 Å². The molecule has 0 unspecified atom stereocenters. The van der Waals surface area contributed by atoms with E-state index in [-0.39, 0.29) is 0 Å². The van der Waals surface area contributed by atoms with E-state index in [4.69, 9.17) is 5.73 Å². The minimum absolute atomic E-state index is 0.701. The lowest BCUT2D eigenvalue weighted by Gasteiger charge is -2.15. The zero-order chi connectivity index (χ0) is 9.40. The number of rotatable bonds is 6. The molecule has 0 aliphatic carbocycles. The molecule has 0 fully saturated rings. The zero-order valence-electron chi connectivity index (χ0n) is 8.34. The summed E-state index contributed by atoms with van der Waals surface area (Å²) in [5.41, 5.74) is 6.99. The molecule has 0 amide bonds. The standard InChI is InChI=1S/C11H21N/c1-4-7-11(8-9-12)10(5-2)6-3/h4,7,10H,1,5-6,8-9,12H2,2-3H3. The van der Waals surface area contributed by atoms with Crippen molar-refractivity contribution in [2.24, 2.45) is 11.7 Å². The Balaban J connectivity index is 4.25. The molecule has 0 aromatic heterocycles. The molecule has 0 atom stereocenters. The molecule has 0 aromatic carbocycles. The summed E-state index contributed by atoms with van der Waals surface area (Å²) in [7, 11) is 0. The van der Waals surface area contributed by atoms with E-state index in [0.29, 0.717) is 5.92 Å². The second-order valence-electron chi connectivity index (χ2n) is 3.03. The molecule has 2 N–H and O–H groups in total. The summed E-state index contributed by atoms with van der Waals surface area (Å²) in [6.07, 6.45) is 7.40. The summed E-state index contributed by atoms with van der Waals surface area (Å²) in [6.45, 7) is 8.91. The number of hydrogen-bond donors (Lipinski definition) is 1. The molecular formula is C11H21N. The van der Waals surface area contributed by atoms with Crippen LogP contribution in [0.5, 0.6) is 0 Å². The lowest BCUT2D eigenvalue weighted by molar-refractivity contribution is 0.551. The fourth-order valence-electron chi connectivity index (χ4n) is 1.55. The largest absolute Gasteiger partial charge is 0.330 e. The highest BCUT2D eigenvalue weighted by atomic mass is 14.5. The van der Waals surface area contributed by atoms with Crippen molar-refractivity contribution in [3.8, 4) is 0 Å². The first-order valence-corrected chi connectivity index (χ1v) is 4.81. The van der Waals surface area contributed by atoms with E-state index in [2.05, 4.69) is 26.5 Å². The average Bonchev–Trinajstić information content (AvgIpc) is 2.07. The highest BCUT2D eigenvalue weighted by Gasteiger charge is 2.07. The molecule has 0 saturated heterocycles. The van der Waals surface area contributed by atoms with Gasteiger partial charge < -0.3 is 5.73 Å². The monoisotopic (exact) mass is 167 g/mol. The molecule has 0 aromatic rings. The lowest BCUT2D eigenvalue weighted by atomic mass is 9.91. The van der Waals surface area contributed by atoms with E-state index >= 15 is 0 Å². The molecule has 0 radical (unpaired) electrons. The molecule has 70 valence electrons. The van der Waals surface area contributed by atoms with E-state index in [1.807, 2.05) is 6.08 Å². The summed E-state index contributed by atoms with van der Waals surface area (Å²) in [5.74, 6) is 0.701. The van der Waals surface area contributed by atoms with Gasteiger partial charge in [-0.25, -0.2) is 0 Å². The fraction of sp³-hybridized carbons (Fsp3) is 0.636.